The van der Waals surface area contributed by atoms with Gasteiger partial charge in [0.25, 0.3) is 0 Å². The maximum absolute atomic E-state index is 14.0. The summed E-state index contributed by atoms with van der Waals surface area (Å²) >= 11 is 0. The van der Waals surface area contributed by atoms with E-state index >= 15 is 0 Å². The van der Waals surface area contributed by atoms with Crippen molar-refractivity contribution in [1.29, 1.82) is 0 Å². The third-order valence-corrected chi connectivity index (χ3v) is 7.34. The van der Waals surface area contributed by atoms with Crippen molar-refractivity contribution in [2.75, 3.05) is 0 Å². The van der Waals surface area contributed by atoms with Gasteiger partial charge in [0.1, 0.15) is 12.4 Å². The maximum Gasteiger partial charge on any atom is 0.243 e. The summed E-state index contributed by atoms with van der Waals surface area (Å²) in [7, 11) is 0. The Morgan fingerprint density at radius 3 is 2.22 bits per heavy atom. The molecule has 0 atom stereocenters. The number of fused-ring (bicyclic) bond motifs is 1. The zero-order valence-corrected chi connectivity index (χ0v) is 19.2. The number of aryl methyl sites for hydroxylation is 1. The van der Waals surface area contributed by atoms with Crippen LogP contribution in [0.25, 0.3) is 22.4 Å². The number of hydrogen-bond acceptors (Lipinski definition) is 3. The highest BCUT2D eigenvalue weighted by atomic mass is 16.2. The van der Waals surface area contributed by atoms with E-state index in [2.05, 4.69) is 26.6 Å². The van der Waals surface area contributed by atoms with Crippen molar-refractivity contribution in [3.63, 3.8) is 0 Å². The van der Waals surface area contributed by atoms with Gasteiger partial charge in [-0.3, -0.25) is 9.78 Å². The number of benzene rings is 1. The van der Waals surface area contributed by atoms with Gasteiger partial charge in [-0.25, -0.2) is 4.98 Å². The Kier molecular flexibility index (Phi) is 6.24. The number of carbonyl (C=O) groups is 1. The lowest BCUT2D eigenvalue weighted by atomic mass is 9.88. The first-order chi connectivity index (χ1) is 15.7. The predicted molar refractivity (Wildman–Crippen MR) is 128 cm³/mol. The molecule has 3 aromatic rings. The second-order valence-electron chi connectivity index (χ2n) is 9.58. The fourth-order valence-corrected chi connectivity index (χ4v) is 5.70. The van der Waals surface area contributed by atoms with Gasteiger partial charge in [-0.2, -0.15) is 0 Å². The molecule has 32 heavy (non-hydrogen) atoms. The third kappa shape index (κ3) is 4.30. The Hall–Kier alpha value is -2.69. The molecular formula is C27H34N4O. The number of rotatable bonds is 5. The van der Waals surface area contributed by atoms with Gasteiger partial charge in [0.05, 0.1) is 11.0 Å². The largest absolute Gasteiger partial charge is 0.335 e. The molecule has 2 heterocycles. The van der Waals surface area contributed by atoms with Crippen LogP contribution in [0.15, 0.2) is 42.6 Å². The molecule has 0 saturated heterocycles. The molecule has 2 aliphatic rings. The van der Waals surface area contributed by atoms with E-state index in [0.717, 1.165) is 53.8 Å². The summed E-state index contributed by atoms with van der Waals surface area (Å²) in [5, 5.41) is 0. The van der Waals surface area contributed by atoms with E-state index in [0.29, 0.717) is 18.6 Å². The predicted octanol–water partition coefficient (Wildman–Crippen LogP) is 5.90. The fraction of sp³-hybridized carbons (Fsp3) is 0.519. The first-order valence-electron chi connectivity index (χ1n) is 12.4. The smallest absolute Gasteiger partial charge is 0.243 e. The highest BCUT2D eigenvalue weighted by Gasteiger charge is 2.33. The number of hydrogen-bond donors (Lipinski definition) is 0. The van der Waals surface area contributed by atoms with Crippen LogP contribution in [0.4, 0.5) is 0 Å². The Morgan fingerprint density at radius 2 is 1.59 bits per heavy atom. The number of amides is 1. The monoisotopic (exact) mass is 430 g/mol. The topological polar surface area (TPSA) is 51.0 Å². The van der Waals surface area contributed by atoms with Crippen LogP contribution in [-0.4, -0.2) is 37.4 Å². The zero-order valence-electron chi connectivity index (χ0n) is 19.2. The van der Waals surface area contributed by atoms with Crippen LogP contribution < -0.4 is 0 Å². The zero-order chi connectivity index (χ0) is 21.9. The van der Waals surface area contributed by atoms with Crippen molar-refractivity contribution in [1.82, 2.24) is 19.4 Å². The quantitative estimate of drug-likeness (QED) is 0.506. The van der Waals surface area contributed by atoms with E-state index in [1.54, 1.807) is 0 Å². The average Bonchev–Trinajstić information content (AvgIpc) is 3.19. The van der Waals surface area contributed by atoms with Crippen LogP contribution in [0.1, 0.15) is 69.9 Å². The molecule has 0 N–H and O–H groups in total. The summed E-state index contributed by atoms with van der Waals surface area (Å²) in [4.78, 5) is 25.6. The number of aromatic nitrogens is 3. The molecular weight excluding hydrogens is 396 g/mol. The van der Waals surface area contributed by atoms with Gasteiger partial charge in [-0.05, 0) is 56.9 Å². The van der Waals surface area contributed by atoms with Crippen LogP contribution >= 0.6 is 0 Å². The van der Waals surface area contributed by atoms with Gasteiger partial charge in [0, 0.05) is 29.5 Å². The molecule has 0 radical (unpaired) electrons. The molecule has 5 heteroatoms. The van der Waals surface area contributed by atoms with Crippen molar-refractivity contribution >= 4 is 16.9 Å². The molecule has 0 unspecified atom stereocenters. The standard InChI is InChI=1S/C27H34N4O/c1-20-16-17-21(18-28-20)27-29-24-14-8-9-15-25(24)30(27)19-26(32)31(22-10-4-2-5-11-22)23-12-6-3-7-13-23/h8-9,14-18,22-23H,2-7,10-13,19H2,1H3. The Labute approximate surface area is 190 Å². The Bertz CT molecular complexity index is 1040. The highest BCUT2D eigenvalue weighted by Crippen LogP contribution is 2.31. The first-order valence-corrected chi connectivity index (χ1v) is 12.4. The summed E-state index contributed by atoms with van der Waals surface area (Å²) in [6, 6.07) is 13.0. The minimum absolute atomic E-state index is 0.258. The molecule has 0 spiro atoms. The molecule has 168 valence electrons. The first kappa shape index (κ1) is 21.2. The van der Waals surface area contributed by atoms with Gasteiger partial charge >= 0.3 is 0 Å². The summed E-state index contributed by atoms with van der Waals surface area (Å²) in [5.41, 5.74) is 3.89. The van der Waals surface area contributed by atoms with Crippen molar-refractivity contribution < 1.29 is 4.79 Å². The van der Waals surface area contributed by atoms with Crippen LogP contribution in [0.5, 0.6) is 0 Å². The van der Waals surface area contributed by atoms with Crippen molar-refractivity contribution in [3.05, 3.63) is 48.3 Å². The molecule has 5 nitrogen and oxygen atoms in total. The SMILES string of the molecule is Cc1ccc(-c2nc3ccccc3n2CC(=O)N(C2CCCCC2)C2CCCCC2)cn1. The number of para-hydroxylation sites is 2. The van der Waals surface area contributed by atoms with Crippen LogP contribution in [0.2, 0.25) is 0 Å². The van der Waals surface area contributed by atoms with Gasteiger partial charge < -0.3 is 9.47 Å². The molecule has 1 amide bonds. The van der Waals surface area contributed by atoms with E-state index < -0.39 is 0 Å². The van der Waals surface area contributed by atoms with E-state index in [1.807, 2.05) is 37.4 Å². The second-order valence-corrected chi connectivity index (χ2v) is 9.58. The molecule has 2 aliphatic carbocycles. The van der Waals surface area contributed by atoms with E-state index in [9.17, 15) is 4.79 Å². The second kappa shape index (κ2) is 9.43. The molecule has 2 fully saturated rings. The van der Waals surface area contributed by atoms with Gasteiger partial charge in [-0.1, -0.05) is 50.7 Å². The third-order valence-electron chi connectivity index (χ3n) is 7.34. The molecule has 1 aromatic carbocycles. The minimum Gasteiger partial charge on any atom is -0.335 e. The highest BCUT2D eigenvalue weighted by molar-refractivity contribution is 5.84. The number of pyridine rings is 1. The normalized spacial score (nSPS) is 18.2. The number of imidazole rings is 1. The van der Waals surface area contributed by atoms with Crippen LogP contribution in [0, 0.1) is 6.92 Å². The summed E-state index contributed by atoms with van der Waals surface area (Å²) in [5.74, 6) is 1.09. The molecule has 2 aromatic heterocycles. The molecule has 0 aliphatic heterocycles. The minimum atomic E-state index is 0.258. The molecule has 2 saturated carbocycles. The van der Waals surface area contributed by atoms with E-state index in [4.69, 9.17) is 4.98 Å². The van der Waals surface area contributed by atoms with Crippen molar-refractivity contribution in [3.8, 4) is 11.4 Å². The summed E-state index contributed by atoms with van der Waals surface area (Å²) < 4.78 is 2.11. The number of carbonyl (C=O) groups excluding carboxylic acids is 1. The lowest BCUT2D eigenvalue weighted by molar-refractivity contribution is -0.138. The number of nitrogens with zero attached hydrogens (tertiary/aromatic N) is 4. The average molecular weight is 431 g/mol. The van der Waals surface area contributed by atoms with Crippen LogP contribution in [-0.2, 0) is 11.3 Å². The summed E-state index contributed by atoms with van der Waals surface area (Å²) in [6.07, 6.45) is 14.1. The maximum atomic E-state index is 14.0. The van der Waals surface area contributed by atoms with Gasteiger partial charge in [0.2, 0.25) is 5.91 Å². The van der Waals surface area contributed by atoms with Crippen molar-refractivity contribution in [2.24, 2.45) is 0 Å². The molecule has 5 rings (SSSR count). The van der Waals surface area contributed by atoms with E-state index in [1.165, 1.54) is 38.5 Å². The Balaban J connectivity index is 1.50. The van der Waals surface area contributed by atoms with Gasteiger partial charge in [0.15, 0.2) is 0 Å². The lowest BCUT2D eigenvalue weighted by Crippen LogP contribution is -2.50. The molecule has 0 bridgehead atoms. The fourth-order valence-electron chi connectivity index (χ4n) is 5.70. The lowest BCUT2D eigenvalue weighted by Gasteiger charge is -2.42. The van der Waals surface area contributed by atoms with Crippen LogP contribution in [0.3, 0.4) is 0 Å². The Morgan fingerprint density at radius 1 is 0.938 bits per heavy atom. The van der Waals surface area contributed by atoms with Crippen molar-refractivity contribution in [2.45, 2.75) is 89.8 Å². The van der Waals surface area contributed by atoms with E-state index in [-0.39, 0.29) is 5.91 Å². The van der Waals surface area contributed by atoms with Gasteiger partial charge in [-0.15, -0.1) is 0 Å². The summed E-state index contributed by atoms with van der Waals surface area (Å²) in [6.45, 7) is 2.33.